The molecule has 96 valence electrons. The average Bonchev–Trinajstić information content (AvgIpc) is 2.22. The Balaban J connectivity index is 2.42. The molecule has 1 atom stereocenters. The normalized spacial score (nSPS) is 25.3. The second kappa shape index (κ2) is 5.48. The van der Waals surface area contributed by atoms with Crippen molar-refractivity contribution in [2.45, 2.75) is 52.1 Å². The summed E-state index contributed by atoms with van der Waals surface area (Å²) < 4.78 is 0. The molecule has 0 spiro atoms. The number of likely N-dealkylation sites (tertiary alicyclic amines) is 1. The highest BCUT2D eigenvalue weighted by Crippen LogP contribution is 2.27. The van der Waals surface area contributed by atoms with Gasteiger partial charge in [0.25, 0.3) is 0 Å². The standard InChI is InChI=1S/C13H28N2O/c1-4-5-12(2,10-14)11-15-8-6-13(3,16)7-9-15/h16H,4-11,14H2,1-3H3. The largest absolute Gasteiger partial charge is 0.390 e. The summed E-state index contributed by atoms with van der Waals surface area (Å²) in [5, 5.41) is 9.90. The van der Waals surface area contributed by atoms with E-state index in [1.165, 1.54) is 12.8 Å². The van der Waals surface area contributed by atoms with E-state index >= 15 is 0 Å². The van der Waals surface area contributed by atoms with Crippen LogP contribution in [0.2, 0.25) is 0 Å². The van der Waals surface area contributed by atoms with Crippen LogP contribution in [0, 0.1) is 5.41 Å². The quantitative estimate of drug-likeness (QED) is 0.751. The fraction of sp³-hybridized carbons (Fsp3) is 1.00. The maximum absolute atomic E-state index is 9.90. The van der Waals surface area contributed by atoms with E-state index in [2.05, 4.69) is 18.7 Å². The maximum Gasteiger partial charge on any atom is 0.0644 e. The molecule has 0 aliphatic carbocycles. The first-order valence-electron chi connectivity index (χ1n) is 6.56. The highest BCUT2D eigenvalue weighted by atomic mass is 16.3. The first kappa shape index (κ1) is 13.9. The molecule has 0 aromatic rings. The third-order valence-electron chi connectivity index (χ3n) is 3.88. The van der Waals surface area contributed by atoms with Gasteiger partial charge in [0, 0.05) is 19.6 Å². The number of hydrogen-bond acceptors (Lipinski definition) is 3. The van der Waals surface area contributed by atoms with Gasteiger partial charge in [-0.3, -0.25) is 0 Å². The molecule has 0 aromatic carbocycles. The predicted octanol–water partition coefficient (Wildman–Crippen LogP) is 1.60. The number of piperidine rings is 1. The monoisotopic (exact) mass is 228 g/mol. The van der Waals surface area contributed by atoms with E-state index in [0.717, 1.165) is 39.0 Å². The molecule has 1 rings (SSSR count). The van der Waals surface area contributed by atoms with Gasteiger partial charge in [0.05, 0.1) is 5.60 Å². The van der Waals surface area contributed by atoms with E-state index in [4.69, 9.17) is 5.73 Å². The van der Waals surface area contributed by atoms with Crippen LogP contribution in [0.4, 0.5) is 0 Å². The van der Waals surface area contributed by atoms with Crippen molar-refractivity contribution in [2.24, 2.45) is 11.1 Å². The molecule has 1 aliphatic heterocycles. The molecule has 0 radical (unpaired) electrons. The van der Waals surface area contributed by atoms with Crippen LogP contribution in [0.5, 0.6) is 0 Å². The smallest absolute Gasteiger partial charge is 0.0644 e. The number of aliphatic hydroxyl groups is 1. The van der Waals surface area contributed by atoms with Gasteiger partial charge in [0.2, 0.25) is 0 Å². The fourth-order valence-electron chi connectivity index (χ4n) is 2.58. The van der Waals surface area contributed by atoms with Crippen LogP contribution in [0.1, 0.15) is 46.5 Å². The van der Waals surface area contributed by atoms with E-state index < -0.39 is 5.60 Å². The van der Waals surface area contributed by atoms with Crippen molar-refractivity contribution >= 4 is 0 Å². The lowest BCUT2D eigenvalue weighted by Crippen LogP contribution is -2.47. The van der Waals surface area contributed by atoms with Crippen LogP contribution in [0.15, 0.2) is 0 Å². The van der Waals surface area contributed by atoms with Crippen molar-refractivity contribution in [3.05, 3.63) is 0 Å². The van der Waals surface area contributed by atoms with Gasteiger partial charge in [-0.15, -0.1) is 0 Å². The molecule has 0 saturated carbocycles. The fourth-order valence-corrected chi connectivity index (χ4v) is 2.58. The van der Waals surface area contributed by atoms with Crippen LogP contribution >= 0.6 is 0 Å². The van der Waals surface area contributed by atoms with Gasteiger partial charge in [-0.25, -0.2) is 0 Å². The third kappa shape index (κ3) is 4.04. The highest BCUT2D eigenvalue weighted by molar-refractivity contribution is 4.86. The second-order valence-corrected chi connectivity index (χ2v) is 6.04. The summed E-state index contributed by atoms with van der Waals surface area (Å²) in [6.45, 7) is 10.3. The lowest BCUT2D eigenvalue weighted by molar-refractivity contribution is -0.0147. The molecule has 0 amide bonds. The van der Waals surface area contributed by atoms with E-state index in [9.17, 15) is 5.11 Å². The minimum atomic E-state index is -0.444. The van der Waals surface area contributed by atoms with Gasteiger partial charge in [-0.05, 0) is 38.1 Å². The Labute approximate surface area is 100 Å². The zero-order chi connectivity index (χ0) is 12.2. The average molecular weight is 228 g/mol. The molecule has 3 nitrogen and oxygen atoms in total. The van der Waals surface area contributed by atoms with Crippen molar-refractivity contribution in [3.8, 4) is 0 Å². The summed E-state index contributed by atoms with van der Waals surface area (Å²) >= 11 is 0. The van der Waals surface area contributed by atoms with Crippen molar-refractivity contribution in [3.63, 3.8) is 0 Å². The summed E-state index contributed by atoms with van der Waals surface area (Å²) in [7, 11) is 0. The molecule has 1 fully saturated rings. The lowest BCUT2D eigenvalue weighted by Gasteiger charge is -2.40. The van der Waals surface area contributed by atoms with Gasteiger partial charge in [0.15, 0.2) is 0 Å². The van der Waals surface area contributed by atoms with Crippen molar-refractivity contribution < 1.29 is 5.11 Å². The molecule has 1 saturated heterocycles. The second-order valence-electron chi connectivity index (χ2n) is 6.04. The Hall–Kier alpha value is -0.120. The first-order chi connectivity index (χ1) is 7.41. The van der Waals surface area contributed by atoms with Gasteiger partial charge in [0.1, 0.15) is 0 Å². The number of nitrogens with zero attached hydrogens (tertiary/aromatic N) is 1. The van der Waals surface area contributed by atoms with Crippen molar-refractivity contribution in [1.29, 1.82) is 0 Å². The number of nitrogens with two attached hydrogens (primary N) is 1. The summed E-state index contributed by atoms with van der Waals surface area (Å²) in [5.41, 5.74) is 5.69. The molecule has 1 unspecified atom stereocenters. The number of rotatable bonds is 5. The van der Waals surface area contributed by atoms with Crippen LogP contribution in [0.25, 0.3) is 0 Å². The minimum absolute atomic E-state index is 0.248. The molecular weight excluding hydrogens is 200 g/mol. The summed E-state index contributed by atoms with van der Waals surface area (Å²) in [6, 6.07) is 0. The van der Waals surface area contributed by atoms with Gasteiger partial charge in [-0.1, -0.05) is 20.3 Å². The summed E-state index contributed by atoms with van der Waals surface area (Å²) in [4.78, 5) is 2.46. The predicted molar refractivity (Wildman–Crippen MR) is 68.4 cm³/mol. The SMILES string of the molecule is CCCC(C)(CN)CN1CCC(C)(O)CC1. The molecule has 1 aliphatic rings. The zero-order valence-corrected chi connectivity index (χ0v) is 11.1. The summed E-state index contributed by atoms with van der Waals surface area (Å²) in [6.07, 6.45) is 4.16. The zero-order valence-electron chi connectivity index (χ0n) is 11.1. The Kier molecular flexibility index (Phi) is 4.77. The molecule has 16 heavy (non-hydrogen) atoms. The van der Waals surface area contributed by atoms with E-state index in [0.29, 0.717) is 0 Å². The Morgan fingerprint density at radius 1 is 1.38 bits per heavy atom. The van der Waals surface area contributed by atoms with Crippen LogP contribution in [-0.2, 0) is 0 Å². The first-order valence-corrected chi connectivity index (χ1v) is 6.56. The lowest BCUT2D eigenvalue weighted by atomic mass is 9.84. The third-order valence-corrected chi connectivity index (χ3v) is 3.88. The maximum atomic E-state index is 9.90. The molecule has 0 bridgehead atoms. The summed E-state index contributed by atoms with van der Waals surface area (Å²) in [5.74, 6) is 0. The van der Waals surface area contributed by atoms with Gasteiger partial charge >= 0.3 is 0 Å². The Bertz CT molecular complexity index is 208. The molecule has 3 N–H and O–H groups in total. The van der Waals surface area contributed by atoms with Crippen LogP contribution in [0.3, 0.4) is 0 Å². The van der Waals surface area contributed by atoms with Gasteiger partial charge in [-0.2, -0.15) is 0 Å². The van der Waals surface area contributed by atoms with Crippen molar-refractivity contribution in [2.75, 3.05) is 26.2 Å². The molecular formula is C13H28N2O. The molecule has 1 heterocycles. The van der Waals surface area contributed by atoms with E-state index in [1.54, 1.807) is 0 Å². The topological polar surface area (TPSA) is 49.5 Å². The van der Waals surface area contributed by atoms with Crippen LogP contribution in [-0.4, -0.2) is 41.8 Å². The molecule has 3 heteroatoms. The number of hydrogen-bond donors (Lipinski definition) is 2. The minimum Gasteiger partial charge on any atom is -0.390 e. The van der Waals surface area contributed by atoms with E-state index in [-0.39, 0.29) is 5.41 Å². The van der Waals surface area contributed by atoms with E-state index in [1.807, 2.05) is 6.92 Å². The highest BCUT2D eigenvalue weighted by Gasteiger charge is 2.31. The van der Waals surface area contributed by atoms with Crippen LogP contribution < -0.4 is 5.73 Å². The molecule has 0 aromatic heterocycles. The van der Waals surface area contributed by atoms with Crippen molar-refractivity contribution in [1.82, 2.24) is 4.90 Å². The Morgan fingerprint density at radius 3 is 2.38 bits per heavy atom. The Morgan fingerprint density at radius 2 is 1.94 bits per heavy atom. The van der Waals surface area contributed by atoms with Gasteiger partial charge < -0.3 is 15.7 Å².